The molecule has 176 valence electrons. The number of hydrogen-bond acceptors (Lipinski definition) is 7. The summed E-state index contributed by atoms with van der Waals surface area (Å²) < 4.78 is 10.5. The molecule has 1 fully saturated rings. The lowest BCUT2D eigenvalue weighted by Crippen LogP contribution is -2.35. The van der Waals surface area contributed by atoms with Crippen molar-refractivity contribution in [1.82, 2.24) is 10.3 Å². The molecule has 0 saturated carbocycles. The van der Waals surface area contributed by atoms with Crippen molar-refractivity contribution in [2.75, 3.05) is 6.61 Å². The molecule has 33 heavy (non-hydrogen) atoms. The Kier molecular flexibility index (Phi) is 7.47. The third-order valence-electron chi connectivity index (χ3n) is 5.32. The highest BCUT2D eigenvalue weighted by Crippen LogP contribution is 2.35. The first kappa shape index (κ1) is 24.8. The molecule has 2 amide bonds. The molecule has 0 bridgehead atoms. The largest absolute Gasteiger partial charge is 0.493 e. The molecular formula is C25H30N2O5S. The van der Waals surface area contributed by atoms with Crippen molar-refractivity contribution in [3.05, 3.63) is 59.4 Å². The molecule has 1 N–H and O–H groups in total. The second-order valence-electron chi connectivity index (χ2n) is 9.37. The Morgan fingerprint density at radius 1 is 1.15 bits per heavy atom. The number of thioether (sulfide) groups is 1. The number of ether oxygens (including phenoxy) is 2. The van der Waals surface area contributed by atoms with Gasteiger partial charge in [0.05, 0.1) is 12.0 Å². The zero-order valence-electron chi connectivity index (χ0n) is 19.6. The Balaban J connectivity index is 1.47. The van der Waals surface area contributed by atoms with E-state index in [0.717, 1.165) is 34.3 Å². The van der Waals surface area contributed by atoms with E-state index in [2.05, 4.69) is 10.3 Å². The molecular weight excluding hydrogens is 440 g/mol. The van der Waals surface area contributed by atoms with Gasteiger partial charge in [0.25, 0.3) is 5.24 Å². The molecule has 0 radical (unpaired) electrons. The highest BCUT2D eigenvalue weighted by Gasteiger charge is 2.43. The summed E-state index contributed by atoms with van der Waals surface area (Å²) in [5, 5.41) is 2.04. The molecule has 2 atom stereocenters. The summed E-state index contributed by atoms with van der Waals surface area (Å²) in [7, 11) is 0. The Labute approximate surface area is 198 Å². The fourth-order valence-electron chi connectivity index (χ4n) is 3.21. The van der Waals surface area contributed by atoms with Crippen molar-refractivity contribution in [2.24, 2.45) is 5.41 Å². The number of aromatic nitrogens is 1. The van der Waals surface area contributed by atoms with Gasteiger partial charge < -0.3 is 9.47 Å². The third-order valence-corrected chi connectivity index (χ3v) is 6.39. The molecule has 1 unspecified atom stereocenters. The van der Waals surface area contributed by atoms with Crippen LogP contribution in [0.25, 0.3) is 0 Å². The maximum absolute atomic E-state index is 12.1. The highest BCUT2D eigenvalue weighted by molar-refractivity contribution is 8.16. The molecule has 2 heterocycles. The van der Waals surface area contributed by atoms with E-state index < -0.39 is 10.2 Å². The fourth-order valence-corrected chi connectivity index (χ4v) is 4.15. The highest BCUT2D eigenvalue weighted by atomic mass is 32.2. The average molecular weight is 471 g/mol. The second-order valence-corrected chi connectivity index (χ2v) is 10.9. The molecule has 3 rings (SSSR count). The number of amides is 2. The van der Waals surface area contributed by atoms with Gasteiger partial charge in [0.15, 0.2) is 0 Å². The molecule has 0 spiro atoms. The summed E-state index contributed by atoms with van der Waals surface area (Å²) in [5.74, 6) is 0.229. The van der Waals surface area contributed by atoms with Crippen molar-refractivity contribution in [3.8, 4) is 5.75 Å². The molecule has 8 heteroatoms. The lowest BCUT2D eigenvalue weighted by Gasteiger charge is -2.21. The van der Waals surface area contributed by atoms with E-state index in [1.807, 2.05) is 64.1 Å². The minimum Gasteiger partial charge on any atom is -0.493 e. The van der Waals surface area contributed by atoms with E-state index >= 15 is 0 Å². The van der Waals surface area contributed by atoms with E-state index in [4.69, 9.17) is 9.47 Å². The lowest BCUT2D eigenvalue weighted by molar-refractivity contribution is -0.158. The lowest BCUT2D eigenvalue weighted by atomic mass is 9.97. The van der Waals surface area contributed by atoms with Crippen LogP contribution >= 0.6 is 11.8 Å². The zero-order valence-corrected chi connectivity index (χ0v) is 20.5. The summed E-state index contributed by atoms with van der Waals surface area (Å²) in [4.78, 5) is 40.0. The molecule has 0 aliphatic carbocycles. The Bertz CT molecular complexity index is 1010. The summed E-state index contributed by atoms with van der Waals surface area (Å²) >= 11 is 1.03. The van der Waals surface area contributed by atoms with Gasteiger partial charge in [0, 0.05) is 23.9 Å². The van der Waals surface area contributed by atoms with Gasteiger partial charge in [-0.15, -0.1) is 0 Å². The van der Waals surface area contributed by atoms with Crippen LogP contribution in [0.5, 0.6) is 5.75 Å². The van der Waals surface area contributed by atoms with Crippen molar-refractivity contribution < 1.29 is 23.9 Å². The number of rotatable bonds is 8. The number of imide groups is 1. The number of esters is 1. The standard InChI is InChI=1S/C25H30N2O5S/c1-16(32-22(29)24(2,3)4)18-8-9-19(26-15-18)12-13-31-20-10-6-17(7-11-20)14-25(5)21(28)27-23(30)33-25/h6-11,15-16H,12-14H2,1-5H3,(H,27,28,30)/t16-,25?/m0/s1. The summed E-state index contributed by atoms with van der Waals surface area (Å²) in [6.45, 7) is 9.55. The number of nitrogens with one attached hydrogen (secondary N) is 1. The van der Waals surface area contributed by atoms with Crippen LogP contribution in [-0.2, 0) is 27.2 Å². The van der Waals surface area contributed by atoms with Crippen molar-refractivity contribution >= 4 is 28.9 Å². The van der Waals surface area contributed by atoms with E-state index in [0.29, 0.717) is 19.4 Å². The Morgan fingerprint density at radius 2 is 1.85 bits per heavy atom. The topological polar surface area (TPSA) is 94.6 Å². The molecule has 1 aliphatic rings. The predicted octanol–water partition coefficient (Wildman–Crippen LogP) is 4.64. The molecule has 1 saturated heterocycles. The molecule has 2 aromatic rings. The van der Waals surface area contributed by atoms with Gasteiger partial charge in [-0.1, -0.05) is 18.2 Å². The number of carbonyl (C=O) groups excluding carboxylic acids is 3. The van der Waals surface area contributed by atoms with E-state index in [1.165, 1.54) is 0 Å². The Morgan fingerprint density at radius 3 is 2.39 bits per heavy atom. The van der Waals surface area contributed by atoms with E-state index in [9.17, 15) is 14.4 Å². The maximum Gasteiger partial charge on any atom is 0.311 e. The van der Waals surface area contributed by atoms with Crippen molar-refractivity contribution in [3.63, 3.8) is 0 Å². The number of benzene rings is 1. The van der Waals surface area contributed by atoms with E-state index in [1.54, 1.807) is 13.1 Å². The van der Waals surface area contributed by atoms with Gasteiger partial charge in [0.1, 0.15) is 16.6 Å². The predicted molar refractivity (Wildman–Crippen MR) is 127 cm³/mol. The fraction of sp³-hybridized carbons (Fsp3) is 0.440. The van der Waals surface area contributed by atoms with Gasteiger partial charge in [-0.05, 0) is 76.6 Å². The van der Waals surface area contributed by atoms with Crippen LogP contribution < -0.4 is 10.1 Å². The first-order valence-electron chi connectivity index (χ1n) is 10.9. The number of hydrogen-bond donors (Lipinski definition) is 1. The van der Waals surface area contributed by atoms with Gasteiger partial charge in [-0.3, -0.25) is 24.7 Å². The monoisotopic (exact) mass is 470 g/mol. The SMILES string of the molecule is C[C@H](OC(=O)C(C)(C)C)c1ccc(CCOc2ccc(CC3(C)SC(=O)NC3=O)cc2)nc1. The molecule has 1 aliphatic heterocycles. The van der Waals surface area contributed by atoms with Gasteiger partial charge in [-0.25, -0.2) is 0 Å². The maximum atomic E-state index is 12.1. The summed E-state index contributed by atoms with van der Waals surface area (Å²) in [6.07, 6.45) is 2.47. The van der Waals surface area contributed by atoms with Gasteiger partial charge >= 0.3 is 5.97 Å². The summed E-state index contributed by atoms with van der Waals surface area (Å²) in [6, 6.07) is 11.4. The van der Waals surface area contributed by atoms with Crippen molar-refractivity contribution in [2.45, 2.75) is 58.3 Å². The minimum absolute atomic E-state index is 0.244. The minimum atomic E-state index is -0.778. The second kappa shape index (κ2) is 9.95. The smallest absolute Gasteiger partial charge is 0.311 e. The van der Waals surface area contributed by atoms with Crippen LogP contribution in [0, 0.1) is 5.41 Å². The average Bonchev–Trinajstić information content (AvgIpc) is 3.00. The van der Waals surface area contributed by atoms with Crippen LogP contribution in [0.15, 0.2) is 42.6 Å². The first-order chi connectivity index (χ1) is 15.5. The number of pyridine rings is 1. The normalized spacial score (nSPS) is 19.2. The van der Waals surface area contributed by atoms with Gasteiger partial charge in [-0.2, -0.15) is 0 Å². The molecule has 1 aromatic heterocycles. The number of nitrogens with zero attached hydrogens (tertiary/aromatic N) is 1. The summed E-state index contributed by atoms with van der Waals surface area (Å²) in [5.41, 5.74) is 2.14. The van der Waals surface area contributed by atoms with Crippen LogP contribution in [0.4, 0.5) is 4.79 Å². The molecule has 7 nitrogen and oxygen atoms in total. The van der Waals surface area contributed by atoms with Crippen LogP contribution in [-0.4, -0.2) is 33.5 Å². The van der Waals surface area contributed by atoms with Crippen molar-refractivity contribution in [1.29, 1.82) is 0 Å². The quantitative estimate of drug-likeness (QED) is 0.562. The number of carbonyl (C=O) groups is 3. The van der Waals surface area contributed by atoms with E-state index in [-0.39, 0.29) is 23.2 Å². The zero-order chi connectivity index (χ0) is 24.2. The van der Waals surface area contributed by atoms with Gasteiger partial charge in [0.2, 0.25) is 5.91 Å². The van der Waals surface area contributed by atoms with Crippen LogP contribution in [0.3, 0.4) is 0 Å². The third kappa shape index (κ3) is 6.57. The first-order valence-corrected chi connectivity index (χ1v) is 11.7. The Hall–Kier alpha value is -2.87. The molecule has 1 aromatic carbocycles. The van der Waals surface area contributed by atoms with Crippen LogP contribution in [0.1, 0.15) is 57.5 Å². The van der Waals surface area contributed by atoms with Crippen LogP contribution in [0.2, 0.25) is 0 Å².